The largest absolute Gasteiger partial charge is 0.504 e. The highest BCUT2D eigenvalue weighted by molar-refractivity contribution is 5.55. The molecule has 0 saturated carbocycles. The molecule has 110 valence electrons. The summed E-state index contributed by atoms with van der Waals surface area (Å²) < 4.78 is 26.8. The van der Waals surface area contributed by atoms with E-state index in [1.165, 1.54) is 0 Å². The topological polar surface area (TPSA) is 46.2 Å². The van der Waals surface area contributed by atoms with Crippen molar-refractivity contribution in [2.75, 3.05) is 40.6 Å². The van der Waals surface area contributed by atoms with Crippen molar-refractivity contribution in [3.8, 4) is 11.5 Å². The molecule has 5 heteroatoms. The minimum atomic E-state index is -0.0264. The van der Waals surface area contributed by atoms with Crippen molar-refractivity contribution in [3.63, 3.8) is 0 Å². The van der Waals surface area contributed by atoms with Gasteiger partial charge in [-0.05, 0) is 23.8 Å². The molecule has 0 aliphatic carbocycles. The van der Waals surface area contributed by atoms with E-state index >= 15 is 0 Å². The van der Waals surface area contributed by atoms with Crippen LogP contribution in [0.4, 0.5) is 0 Å². The summed E-state index contributed by atoms with van der Waals surface area (Å²) in [7, 11) is 3.23. The number of hydrogen-bond donors (Lipinski definition) is 0. The summed E-state index contributed by atoms with van der Waals surface area (Å²) in [4.78, 5) is 0. The summed E-state index contributed by atoms with van der Waals surface area (Å²) in [6.45, 7) is 2.28. The average molecular weight is 280 g/mol. The van der Waals surface area contributed by atoms with E-state index in [1.54, 1.807) is 20.5 Å². The predicted octanol–water partition coefficient (Wildman–Crippen LogP) is 2.11. The van der Waals surface area contributed by atoms with Crippen LogP contribution in [0.1, 0.15) is 5.56 Å². The number of benzene rings is 1. The minimum Gasteiger partial charge on any atom is -0.504 e. The van der Waals surface area contributed by atoms with Crippen LogP contribution in [0.5, 0.6) is 11.5 Å². The first-order valence-electron chi connectivity index (χ1n) is 6.53. The maximum Gasteiger partial charge on any atom is 0.161 e. The second-order valence-electron chi connectivity index (χ2n) is 4.33. The van der Waals surface area contributed by atoms with Crippen LogP contribution >= 0.6 is 0 Å². The van der Waals surface area contributed by atoms with Gasteiger partial charge in [0.05, 0.1) is 40.3 Å². The highest BCUT2D eigenvalue weighted by atomic mass is 16.6. The maximum atomic E-state index is 5.74. The first-order valence-corrected chi connectivity index (χ1v) is 6.53. The van der Waals surface area contributed by atoms with Crippen LogP contribution in [-0.4, -0.2) is 46.8 Å². The van der Waals surface area contributed by atoms with E-state index < -0.39 is 0 Å². The van der Waals surface area contributed by atoms with Crippen molar-refractivity contribution in [2.45, 2.75) is 6.10 Å². The highest BCUT2D eigenvalue weighted by Gasteiger charge is 2.16. The molecule has 20 heavy (non-hydrogen) atoms. The third kappa shape index (κ3) is 4.15. The number of ether oxygens (including phenoxy) is 5. The van der Waals surface area contributed by atoms with Crippen molar-refractivity contribution in [1.29, 1.82) is 0 Å². The second kappa shape index (κ2) is 7.77. The van der Waals surface area contributed by atoms with Gasteiger partial charge in [-0.25, -0.2) is 0 Å². The normalized spacial score (nSPS) is 19.0. The molecule has 0 radical (unpaired) electrons. The summed E-state index contributed by atoms with van der Waals surface area (Å²) in [5.74, 6) is 1.37. The summed E-state index contributed by atoms with van der Waals surface area (Å²) >= 11 is 0. The Labute approximate surface area is 119 Å². The molecule has 1 unspecified atom stereocenters. The third-order valence-corrected chi connectivity index (χ3v) is 2.89. The molecule has 1 aliphatic heterocycles. The van der Waals surface area contributed by atoms with Gasteiger partial charge in [-0.1, -0.05) is 6.07 Å². The Morgan fingerprint density at radius 1 is 1.25 bits per heavy atom. The van der Waals surface area contributed by atoms with Gasteiger partial charge >= 0.3 is 0 Å². The lowest BCUT2D eigenvalue weighted by atomic mass is 10.2. The molecule has 2 rings (SSSR count). The Balaban J connectivity index is 1.97. The molecule has 1 aromatic rings. The number of rotatable bonds is 6. The fraction of sp³-hybridized carbons (Fsp3) is 0.467. The van der Waals surface area contributed by atoms with Crippen LogP contribution in [0.15, 0.2) is 24.5 Å². The Morgan fingerprint density at radius 2 is 2.15 bits per heavy atom. The Morgan fingerprint density at radius 3 is 2.85 bits per heavy atom. The zero-order valence-corrected chi connectivity index (χ0v) is 11.8. The molecule has 1 heterocycles. The van der Waals surface area contributed by atoms with Crippen LogP contribution in [0.2, 0.25) is 0 Å². The quantitative estimate of drug-likeness (QED) is 0.747. The van der Waals surface area contributed by atoms with Crippen molar-refractivity contribution in [2.24, 2.45) is 0 Å². The maximum absolute atomic E-state index is 5.74. The third-order valence-electron chi connectivity index (χ3n) is 2.89. The first-order chi connectivity index (χ1) is 9.83. The van der Waals surface area contributed by atoms with E-state index in [4.69, 9.17) is 23.7 Å². The summed E-state index contributed by atoms with van der Waals surface area (Å²) in [5.41, 5.74) is 0.980. The van der Waals surface area contributed by atoms with E-state index in [2.05, 4.69) is 0 Å². The molecule has 1 fully saturated rings. The lowest BCUT2D eigenvalue weighted by Crippen LogP contribution is -2.33. The van der Waals surface area contributed by atoms with Gasteiger partial charge in [0.1, 0.15) is 12.7 Å². The Hall–Kier alpha value is -1.72. The molecule has 0 bridgehead atoms. The molecular formula is C15H20O5. The molecule has 0 N–H and O–H groups in total. The molecular weight excluding hydrogens is 260 g/mol. The van der Waals surface area contributed by atoms with Gasteiger partial charge in [0.2, 0.25) is 0 Å². The van der Waals surface area contributed by atoms with Gasteiger partial charge in [0.15, 0.2) is 11.5 Å². The number of methoxy groups -OCH3 is 2. The lowest BCUT2D eigenvalue weighted by Gasteiger charge is -2.23. The SMILES string of the molecule is CO/C=C/c1ccc(OCC2COCCO2)c(OC)c1. The summed E-state index contributed by atoms with van der Waals surface area (Å²) in [5, 5.41) is 0. The molecule has 0 aromatic heterocycles. The van der Waals surface area contributed by atoms with Crippen LogP contribution in [0.25, 0.3) is 6.08 Å². The van der Waals surface area contributed by atoms with Crippen LogP contribution < -0.4 is 9.47 Å². The summed E-state index contributed by atoms with van der Waals surface area (Å²) in [6.07, 6.45) is 3.44. The highest BCUT2D eigenvalue weighted by Crippen LogP contribution is 2.28. The first kappa shape index (κ1) is 14.7. The molecule has 0 spiro atoms. The molecule has 1 aliphatic rings. The monoisotopic (exact) mass is 280 g/mol. The van der Waals surface area contributed by atoms with E-state index in [-0.39, 0.29) is 6.10 Å². The molecule has 0 amide bonds. The molecule has 1 aromatic carbocycles. The fourth-order valence-corrected chi connectivity index (χ4v) is 1.87. The van der Waals surface area contributed by atoms with Gasteiger partial charge in [-0.2, -0.15) is 0 Å². The van der Waals surface area contributed by atoms with Crippen LogP contribution in [0, 0.1) is 0 Å². The van der Waals surface area contributed by atoms with Gasteiger partial charge < -0.3 is 23.7 Å². The molecule has 1 saturated heterocycles. The van der Waals surface area contributed by atoms with Crippen LogP contribution in [0.3, 0.4) is 0 Å². The van der Waals surface area contributed by atoms with Gasteiger partial charge in [0.25, 0.3) is 0 Å². The van der Waals surface area contributed by atoms with E-state index in [0.717, 1.165) is 5.56 Å². The summed E-state index contributed by atoms with van der Waals surface area (Å²) in [6, 6.07) is 5.70. The minimum absolute atomic E-state index is 0.0264. The van der Waals surface area contributed by atoms with E-state index in [9.17, 15) is 0 Å². The van der Waals surface area contributed by atoms with Crippen LogP contribution in [-0.2, 0) is 14.2 Å². The Kier molecular flexibility index (Phi) is 5.70. The van der Waals surface area contributed by atoms with Gasteiger partial charge in [0, 0.05) is 0 Å². The standard InChI is InChI=1S/C15H20O5/c1-16-6-5-12-3-4-14(15(9-12)17-2)20-11-13-10-18-7-8-19-13/h3-6,9,13H,7-8,10-11H2,1-2H3/b6-5+. The second-order valence-corrected chi connectivity index (χ2v) is 4.33. The van der Waals surface area contributed by atoms with Crippen molar-refractivity contribution in [3.05, 3.63) is 30.0 Å². The van der Waals surface area contributed by atoms with Gasteiger partial charge in [-0.3, -0.25) is 0 Å². The molecule has 5 nitrogen and oxygen atoms in total. The van der Waals surface area contributed by atoms with E-state index in [0.29, 0.717) is 37.9 Å². The zero-order chi connectivity index (χ0) is 14.2. The molecule has 1 atom stereocenters. The average Bonchev–Trinajstić information content (AvgIpc) is 2.52. The van der Waals surface area contributed by atoms with Gasteiger partial charge in [-0.15, -0.1) is 0 Å². The smallest absolute Gasteiger partial charge is 0.161 e. The van der Waals surface area contributed by atoms with Crippen molar-refractivity contribution >= 4 is 6.08 Å². The van der Waals surface area contributed by atoms with Crippen molar-refractivity contribution in [1.82, 2.24) is 0 Å². The lowest BCUT2D eigenvalue weighted by molar-refractivity contribution is -0.101. The van der Waals surface area contributed by atoms with Crippen molar-refractivity contribution < 1.29 is 23.7 Å². The zero-order valence-electron chi connectivity index (χ0n) is 11.8. The fourth-order valence-electron chi connectivity index (χ4n) is 1.87. The number of hydrogen-bond acceptors (Lipinski definition) is 5. The predicted molar refractivity (Wildman–Crippen MR) is 75.1 cm³/mol. The van der Waals surface area contributed by atoms with E-state index in [1.807, 2.05) is 24.3 Å². The Bertz CT molecular complexity index is 438.